The molecule has 20 heavy (non-hydrogen) atoms. The number of fused-ring (bicyclic) bond motifs is 1. The van der Waals surface area contributed by atoms with Crippen molar-refractivity contribution >= 4 is 22.6 Å². The first-order valence-corrected chi connectivity index (χ1v) is 7.14. The molecule has 3 aromatic rings. The molecule has 0 bridgehead atoms. The van der Waals surface area contributed by atoms with Gasteiger partial charge < -0.3 is 0 Å². The Labute approximate surface area is 121 Å². The van der Waals surface area contributed by atoms with Crippen molar-refractivity contribution in [2.45, 2.75) is 26.3 Å². The standard InChI is InChI=1S/C15H14N4S/c1-15(2,3)19-14-12(11(9-16)20-18-14)13(17-19)10-7-5-4-6-8-10/h4-8H,1-3H3. The van der Waals surface area contributed by atoms with Crippen molar-refractivity contribution in [1.29, 1.82) is 5.26 Å². The van der Waals surface area contributed by atoms with Crippen molar-refractivity contribution in [2.75, 3.05) is 0 Å². The normalized spacial score (nSPS) is 11.7. The van der Waals surface area contributed by atoms with Crippen molar-refractivity contribution in [3.8, 4) is 17.3 Å². The van der Waals surface area contributed by atoms with E-state index in [4.69, 9.17) is 5.10 Å². The molecule has 0 aliphatic heterocycles. The first kappa shape index (κ1) is 12.8. The molecular formula is C15H14N4S. The lowest BCUT2D eigenvalue weighted by Gasteiger charge is -2.19. The lowest BCUT2D eigenvalue weighted by atomic mass is 10.1. The van der Waals surface area contributed by atoms with Gasteiger partial charge in [0.15, 0.2) is 5.65 Å². The Morgan fingerprint density at radius 3 is 2.50 bits per heavy atom. The van der Waals surface area contributed by atoms with Crippen LogP contribution < -0.4 is 0 Å². The molecule has 100 valence electrons. The highest BCUT2D eigenvalue weighted by Crippen LogP contribution is 2.34. The Bertz CT molecular complexity index is 800. The van der Waals surface area contributed by atoms with Crippen LogP contribution in [0.25, 0.3) is 22.3 Å². The molecule has 2 heterocycles. The summed E-state index contributed by atoms with van der Waals surface area (Å²) in [5, 5.41) is 14.9. The topological polar surface area (TPSA) is 54.5 Å². The Balaban J connectivity index is 2.38. The average molecular weight is 282 g/mol. The van der Waals surface area contributed by atoms with Crippen LogP contribution in [-0.2, 0) is 5.54 Å². The maximum atomic E-state index is 9.29. The van der Waals surface area contributed by atoms with Gasteiger partial charge in [0.25, 0.3) is 0 Å². The average Bonchev–Trinajstić information content (AvgIpc) is 2.97. The monoisotopic (exact) mass is 282 g/mol. The van der Waals surface area contributed by atoms with Crippen LogP contribution in [-0.4, -0.2) is 14.2 Å². The van der Waals surface area contributed by atoms with Gasteiger partial charge in [-0.15, -0.1) is 0 Å². The Morgan fingerprint density at radius 2 is 1.90 bits per heavy atom. The largest absolute Gasteiger partial charge is 0.240 e. The molecule has 0 radical (unpaired) electrons. The molecule has 3 rings (SSSR count). The van der Waals surface area contributed by atoms with E-state index in [1.165, 1.54) is 11.5 Å². The van der Waals surface area contributed by atoms with Gasteiger partial charge in [-0.2, -0.15) is 14.7 Å². The van der Waals surface area contributed by atoms with Gasteiger partial charge in [0.2, 0.25) is 0 Å². The highest BCUT2D eigenvalue weighted by atomic mass is 32.1. The van der Waals surface area contributed by atoms with E-state index in [0.29, 0.717) is 4.88 Å². The van der Waals surface area contributed by atoms with Crippen LogP contribution in [0.1, 0.15) is 25.6 Å². The Hall–Kier alpha value is -2.19. The Morgan fingerprint density at radius 1 is 1.20 bits per heavy atom. The van der Waals surface area contributed by atoms with E-state index >= 15 is 0 Å². The van der Waals surface area contributed by atoms with Crippen LogP contribution in [0.2, 0.25) is 0 Å². The fourth-order valence-electron chi connectivity index (χ4n) is 2.18. The van der Waals surface area contributed by atoms with Gasteiger partial charge in [0.1, 0.15) is 16.6 Å². The van der Waals surface area contributed by atoms with E-state index in [-0.39, 0.29) is 5.54 Å². The number of benzene rings is 1. The second kappa shape index (κ2) is 4.43. The zero-order valence-electron chi connectivity index (χ0n) is 11.6. The molecule has 0 aliphatic rings. The summed E-state index contributed by atoms with van der Waals surface area (Å²) in [7, 11) is 0. The molecule has 1 aromatic carbocycles. The minimum Gasteiger partial charge on any atom is -0.240 e. The molecular weight excluding hydrogens is 268 g/mol. The number of hydrogen-bond donors (Lipinski definition) is 0. The summed E-state index contributed by atoms with van der Waals surface area (Å²) in [4.78, 5) is 0.620. The van der Waals surface area contributed by atoms with E-state index < -0.39 is 0 Å². The van der Waals surface area contributed by atoms with Crippen molar-refractivity contribution < 1.29 is 0 Å². The van der Waals surface area contributed by atoms with Gasteiger partial charge in [-0.05, 0) is 32.3 Å². The van der Waals surface area contributed by atoms with E-state index in [1.807, 2.05) is 35.0 Å². The number of rotatable bonds is 1. The van der Waals surface area contributed by atoms with Crippen LogP contribution in [0.3, 0.4) is 0 Å². The third kappa shape index (κ3) is 1.89. The molecule has 0 fully saturated rings. The molecule has 0 spiro atoms. The smallest absolute Gasteiger partial charge is 0.173 e. The molecule has 4 nitrogen and oxygen atoms in total. The fraction of sp³-hybridized carbons (Fsp3) is 0.267. The summed E-state index contributed by atoms with van der Waals surface area (Å²) < 4.78 is 6.33. The molecule has 0 saturated heterocycles. The SMILES string of the molecule is CC(C)(C)n1nc(-c2ccccc2)c2c(C#N)snc21. The first-order valence-electron chi connectivity index (χ1n) is 6.37. The number of aromatic nitrogens is 3. The summed E-state index contributed by atoms with van der Waals surface area (Å²) in [5.74, 6) is 0. The third-order valence-corrected chi connectivity index (χ3v) is 3.84. The van der Waals surface area contributed by atoms with Gasteiger partial charge >= 0.3 is 0 Å². The maximum absolute atomic E-state index is 9.29. The third-order valence-electron chi connectivity index (χ3n) is 3.10. The van der Waals surface area contributed by atoms with Gasteiger partial charge in [-0.3, -0.25) is 0 Å². The summed E-state index contributed by atoms with van der Waals surface area (Å²) in [6, 6.07) is 12.2. The number of nitrogens with zero attached hydrogens (tertiary/aromatic N) is 4. The molecule has 2 aromatic heterocycles. The van der Waals surface area contributed by atoms with E-state index in [0.717, 1.165) is 22.3 Å². The van der Waals surface area contributed by atoms with Gasteiger partial charge in [-0.1, -0.05) is 30.3 Å². The van der Waals surface area contributed by atoms with Gasteiger partial charge in [0.05, 0.1) is 10.9 Å². The quantitative estimate of drug-likeness (QED) is 0.682. The minimum atomic E-state index is -0.175. The fourth-order valence-corrected chi connectivity index (χ4v) is 2.85. The van der Waals surface area contributed by atoms with E-state index in [1.54, 1.807) is 0 Å². The van der Waals surface area contributed by atoms with Gasteiger partial charge in [0, 0.05) is 5.56 Å². The van der Waals surface area contributed by atoms with E-state index in [9.17, 15) is 5.26 Å². The minimum absolute atomic E-state index is 0.175. The molecule has 0 saturated carbocycles. The zero-order valence-corrected chi connectivity index (χ0v) is 12.4. The molecule has 0 N–H and O–H groups in total. The highest BCUT2D eigenvalue weighted by Gasteiger charge is 2.25. The van der Waals surface area contributed by atoms with Crippen LogP contribution in [0.15, 0.2) is 30.3 Å². The second-order valence-electron chi connectivity index (χ2n) is 5.62. The van der Waals surface area contributed by atoms with Crippen molar-refractivity contribution in [1.82, 2.24) is 14.2 Å². The first-order chi connectivity index (χ1) is 9.52. The summed E-state index contributed by atoms with van der Waals surface area (Å²) in [6.45, 7) is 6.25. The van der Waals surface area contributed by atoms with Crippen molar-refractivity contribution in [3.05, 3.63) is 35.2 Å². The predicted octanol–water partition coefficient (Wildman–Crippen LogP) is 3.79. The van der Waals surface area contributed by atoms with Gasteiger partial charge in [-0.25, -0.2) is 4.68 Å². The van der Waals surface area contributed by atoms with Crippen LogP contribution in [0.5, 0.6) is 0 Å². The number of hydrogen-bond acceptors (Lipinski definition) is 4. The lowest BCUT2D eigenvalue weighted by Crippen LogP contribution is -2.23. The molecule has 5 heteroatoms. The summed E-state index contributed by atoms with van der Waals surface area (Å²) >= 11 is 1.24. The summed E-state index contributed by atoms with van der Waals surface area (Å²) in [5.41, 5.74) is 2.46. The van der Waals surface area contributed by atoms with Crippen LogP contribution in [0.4, 0.5) is 0 Å². The zero-order chi connectivity index (χ0) is 14.3. The van der Waals surface area contributed by atoms with Crippen molar-refractivity contribution in [2.24, 2.45) is 0 Å². The van der Waals surface area contributed by atoms with E-state index in [2.05, 4.69) is 31.2 Å². The number of nitriles is 1. The molecule has 0 atom stereocenters. The highest BCUT2D eigenvalue weighted by molar-refractivity contribution is 7.07. The maximum Gasteiger partial charge on any atom is 0.173 e. The Kier molecular flexibility index (Phi) is 2.84. The van der Waals surface area contributed by atoms with Crippen LogP contribution in [0, 0.1) is 11.3 Å². The summed E-state index contributed by atoms with van der Waals surface area (Å²) in [6.07, 6.45) is 0. The predicted molar refractivity (Wildman–Crippen MR) is 80.6 cm³/mol. The van der Waals surface area contributed by atoms with Crippen molar-refractivity contribution in [3.63, 3.8) is 0 Å². The second-order valence-corrected chi connectivity index (χ2v) is 6.39. The molecule has 0 aliphatic carbocycles. The molecule has 0 amide bonds. The van der Waals surface area contributed by atoms with Crippen LogP contribution >= 0.6 is 11.5 Å². The lowest BCUT2D eigenvalue weighted by molar-refractivity contribution is 0.367. The molecule has 0 unspecified atom stereocenters.